The highest BCUT2D eigenvalue weighted by atomic mass is 16.2. The van der Waals surface area contributed by atoms with Crippen molar-refractivity contribution in [2.45, 2.75) is 6.92 Å². The fraction of sp³-hybridized carbons (Fsp3) is 0.385. The Balaban J connectivity index is 2.07. The summed E-state index contributed by atoms with van der Waals surface area (Å²) in [5, 5.41) is 0. The maximum atomic E-state index is 12.3. The van der Waals surface area contributed by atoms with Crippen molar-refractivity contribution in [1.82, 2.24) is 9.80 Å². The first-order valence-corrected chi connectivity index (χ1v) is 6.18. The van der Waals surface area contributed by atoms with Gasteiger partial charge in [-0.25, -0.2) is 0 Å². The maximum absolute atomic E-state index is 12.3. The van der Waals surface area contributed by atoms with E-state index in [0.717, 1.165) is 0 Å². The second-order valence-corrected chi connectivity index (χ2v) is 4.69. The van der Waals surface area contributed by atoms with Crippen molar-refractivity contribution in [2.75, 3.05) is 37.6 Å². The lowest BCUT2D eigenvalue weighted by Crippen LogP contribution is -2.50. The van der Waals surface area contributed by atoms with Crippen LogP contribution < -0.4 is 11.5 Å². The maximum Gasteiger partial charge on any atom is 0.254 e. The number of piperazine rings is 1. The molecule has 0 unspecified atom stereocenters. The summed E-state index contributed by atoms with van der Waals surface area (Å²) >= 11 is 0. The summed E-state index contributed by atoms with van der Waals surface area (Å²) in [5.74, 6) is -0.0532. The first-order valence-electron chi connectivity index (χ1n) is 6.18. The number of benzene rings is 1. The lowest BCUT2D eigenvalue weighted by atomic mass is 10.1. The van der Waals surface area contributed by atoms with Crippen LogP contribution in [-0.2, 0) is 4.79 Å². The number of rotatable bonds is 1. The van der Waals surface area contributed by atoms with Gasteiger partial charge in [-0.05, 0) is 18.2 Å². The van der Waals surface area contributed by atoms with Crippen LogP contribution in [-0.4, -0.2) is 47.8 Å². The van der Waals surface area contributed by atoms with Gasteiger partial charge in [-0.3, -0.25) is 9.59 Å². The number of carbonyl (C=O) groups is 2. The average molecular weight is 262 g/mol. The molecule has 0 saturated carbocycles. The van der Waals surface area contributed by atoms with Gasteiger partial charge < -0.3 is 21.3 Å². The van der Waals surface area contributed by atoms with Gasteiger partial charge in [0.25, 0.3) is 5.91 Å². The van der Waals surface area contributed by atoms with Crippen molar-refractivity contribution in [3.8, 4) is 0 Å². The molecule has 0 spiro atoms. The summed E-state index contributed by atoms with van der Waals surface area (Å²) in [6.07, 6.45) is 0. The molecular weight excluding hydrogens is 244 g/mol. The molecular formula is C13H18N4O2. The van der Waals surface area contributed by atoms with E-state index >= 15 is 0 Å². The Morgan fingerprint density at radius 2 is 1.42 bits per heavy atom. The van der Waals surface area contributed by atoms with Crippen molar-refractivity contribution >= 4 is 23.2 Å². The third-order valence-corrected chi connectivity index (χ3v) is 3.24. The molecule has 0 radical (unpaired) electrons. The van der Waals surface area contributed by atoms with Crippen molar-refractivity contribution in [3.05, 3.63) is 23.8 Å². The van der Waals surface area contributed by atoms with Gasteiger partial charge in [0.15, 0.2) is 0 Å². The zero-order valence-corrected chi connectivity index (χ0v) is 10.9. The fourth-order valence-electron chi connectivity index (χ4n) is 2.21. The molecule has 2 amide bonds. The van der Waals surface area contributed by atoms with Gasteiger partial charge in [-0.2, -0.15) is 0 Å². The molecule has 0 aromatic heterocycles. The largest absolute Gasteiger partial charge is 0.399 e. The monoisotopic (exact) mass is 262 g/mol. The van der Waals surface area contributed by atoms with Crippen LogP contribution in [0.25, 0.3) is 0 Å². The summed E-state index contributed by atoms with van der Waals surface area (Å²) < 4.78 is 0. The Labute approximate surface area is 112 Å². The molecule has 6 nitrogen and oxygen atoms in total. The molecule has 0 aliphatic carbocycles. The van der Waals surface area contributed by atoms with Gasteiger partial charge in [0.2, 0.25) is 5.91 Å². The molecule has 19 heavy (non-hydrogen) atoms. The highest BCUT2D eigenvalue weighted by Crippen LogP contribution is 2.16. The van der Waals surface area contributed by atoms with E-state index < -0.39 is 0 Å². The number of nitrogen functional groups attached to an aromatic ring is 2. The van der Waals surface area contributed by atoms with Crippen LogP contribution >= 0.6 is 0 Å². The lowest BCUT2D eigenvalue weighted by Gasteiger charge is -2.34. The molecule has 1 aliphatic rings. The number of hydrogen-bond donors (Lipinski definition) is 2. The van der Waals surface area contributed by atoms with Gasteiger partial charge in [0.05, 0.1) is 0 Å². The molecule has 102 valence electrons. The van der Waals surface area contributed by atoms with E-state index in [2.05, 4.69) is 0 Å². The highest BCUT2D eigenvalue weighted by molar-refractivity contribution is 5.96. The minimum Gasteiger partial charge on any atom is -0.399 e. The van der Waals surface area contributed by atoms with Crippen LogP contribution in [0, 0.1) is 0 Å². The first-order chi connectivity index (χ1) is 8.97. The Morgan fingerprint density at radius 1 is 0.947 bits per heavy atom. The average Bonchev–Trinajstić information content (AvgIpc) is 2.37. The second kappa shape index (κ2) is 5.17. The molecule has 1 aromatic rings. The summed E-state index contributed by atoms with van der Waals surface area (Å²) in [7, 11) is 0. The Bertz CT molecular complexity index is 487. The molecule has 0 atom stereocenters. The summed E-state index contributed by atoms with van der Waals surface area (Å²) in [5.41, 5.74) is 12.8. The zero-order chi connectivity index (χ0) is 14.0. The highest BCUT2D eigenvalue weighted by Gasteiger charge is 2.23. The van der Waals surface area contributed by atoms with Gasteiger partial charge in [-0.15, -0.1) is 0 Å². The van der Waals surface area contributed by atoms with E-state index in [1.807, 2.05) is 0 Å². The molecule has 6 heteroatoms. The van der Waals surface area contributed by atoms with Gasteiger partial charge >= 0.3 is 0 Å². The smallest absolute Gasteiger partial charge is 0.254 e. The topological polar surface area (TPSA) is 92.7 Å². The van der Waals surface area contributed by atoms with Gasteiger partial charge in [0.1, 0.15) is 0 Å². The first kappa shape index (κ1) is 13.2. The normalized spacial score (nSPS) is 15.4. The molecule has 2 rings (SSSR count). The van der Waals surface area contributed by atoms with Crippen molar-refractivity contribution in [1.29, 1.82) is 0 Å². The minimum absolute atomic E-state index is 0.0419. The van der Waals surface area contributed by atoms with E-state index in [0.29, 0.717) is 43.1 Å². The molecule has 0 bridgehead atoms. The molecule has 1 aliphatic heterocycles. The van der Waals surface area contributed by atoms with Gasteiger partial charge in [-0.1, -0.05) is 0 Å². The summed E-state index contributed by atoms with van der Waals surface area (Å²) in [6, 6.07) is 4.86. The van der Waals surface area contributed by atoms with E-state index in [-0.39, 0.29) is 11.8 Å². The van der Waals surface area contributed by atoms with Crippen LogP contribution in [0.3, 0.4) is 0 Å². The number of nitrogens with zero attached hydrogens (tertiary/aromatic N) is 2. The van der Waals surface area contributed by atoms with E-state index in [1.54, 1.807) is 28.0 Å². The third-order valence-electron chi connectivity index (χ3n) is 3.24. The minimum atomic E-state index is -0.0952. The van der Waals surface area contributed by atoms with E-state index in [1.165, 1.54) is 6.92 Å². The quantitative estimate of drug-likeness (QED) is 0.705. The third kappa shape index (κ3) is 2.96. The van der Waals surface area contributed by atoms with Crippen molar-refractivity contribution in [2.24, 2.45) is 0 Å². The fourth-order valence-corrected chi connectivity index (χ4v) is 2.21. The number of anilines is 2. The van der Waals surface area contributed by atoms with Crippen molar-refractivity contribution < 1.29 is 9.59 Å². The SMILES string of the molecule is CC(=O)N1CCN(C(=O)c2cc(N)cc(N)c2)CC1. The standard InChI is InChI=1S/C13H18N4O2/c1-9(18)16-2-4-17(5-3-16)13(19)10-6-11(14)8-12(15)7-10/h6-8H,2-5,14-15H2,1H3. The number of hydrogen-bond acceptors (Lipinski definition) is 4. The van der Waals surface area contributed by atoms with E-state index in [4.69, 9.17) is 11.5 Å². The Hall–Kier alpha value is -2.24. The number of amides is 2. The number of carbonyl (C=O) groups excluding carboxylic acids is 2. The van der Waals surface area contributed by atoms with Crippen LogP contribution in [0.5, 0.6) is 0 Å². The Morgan fingerprint density at radius 3 is 1.89 bits per heavy atom. The molecule has 4 N–H and O–H groups in total. The molecule has 1 aromatic carbocycles. The molecule has 1 fully saturated rings. The predicted molar refractivity (Wildman–Crippen MR) is 73.4 cm³/mol. The van der Waals surface area contributed by atoms with E-state index in [9.17, 15) is 9.59 Å². The van der Waals surface area contributed by atoms with Gasteiger partial charge in [0, 0.05) is 50.0 Å². The lowest BCUT2D eigenvalue weighted by molar-refractivity contribution is -0.130. The zero-order valence-electron chi connectivity index (χ0n) is 10.9. The van der Waals surface area contributed by atoms with Crippen LogP contribution in [0.15, 0.2) is 18.2 Å². The summed E-state index contributed by atoms with van der Waals surface area (Å²) in [6.45, 7) is 3.74. The summed E-state index contributed by atoms with van der Waals surface area (Å²) in [4.78, 5) is 27.0. The van der Waals surface area contributed by atoms with Crippen molar-refractivity contribution in [3.63, 3.8) is 0 Å². The van der Waals surface area contributed by atoms with Crippen LogP contribution in [0.2, 0.25) is 0 Å². The molecule has 1 heterocycles. The van der Waals surface area contributed by atoms with Crippen LogP contribution in [0.1, 0.15) is 17.3 Å². The molecule has 1 saturated heterocycles. The predicted octanol–water partition coefficient (Wildman–Crippen LogP) is 0.155. The second-order valence-electron chi connectivity index (χ2n) is 4.69. The number of nitrogens with two attached hydrogens (primary N) is 2. The van der Waals surface area contributed by atoms with Crippen LogP contribution in [0.4, 0.5) is 11.4 Å². The Kier molecular flexibility index (Phi) is 3.59.